The second-order valence-corrected chi connectivity index (χ2v) is 13.0. The van der Waals surface area contributed by atoms with Gasteiger partial charge in [0.15, 0.2) is 0 Å². The van der Waals surface area contributed by atoms with Crippen LogP contribution in [-0.2, 0) is 12.8 Å². The fourth-order valence-corrected chi connectivity index (χ4v) is 8.01. The lowest BCUT2D eigenvalue weighted by molar-refractivity contribution is 0.941. The Hall–Kier alpha value is -6.53. The van der Waals surface area contributed by atoms with E-state index < -0.39 is 0 Å². The van der Waals surface area contributed by atoms with Crippen molar-refractivity contribution in [1.29, 1.82) is 0 Å². The van der Waals surface area contributed by atoms with Crippen LogP contribution >= 0.6 is 0 Å². The summed E-state index contributed by atoms with van der Waals surface area (Å²) in [4.78, 5) is 14.3. The number of nitrogens with zero attached hydrogens (tertiary/aromatic N) is 5. The monoisotopic (exact) mass is 644 g/mol. The van der Waals surface area contributed by atoms with E-state index in [0.717, 1.165) is 63.5 Å². The molecule has 6 heteroatoms. The quantitative estimate of drug-likeness (QED) is 0.207. The van der Waals surface area contributed by atoms with Crippen LogP contribution in [0.25, 0.3) is 83.3 Å². The summed E-state index contributed by atoms with van der Waals surface area (Å²) in [5.74, 6) is 1.81. The number of aromatic nitrogens is 5. The van der Waals surface area contributed by atoms with Crippen LogP contribution in [0.1, 0.15) is 23.6 Å². The number of fused-ring (bicyclic) bond motifs is 10. The molecule has 50 heavy (non-hydrogen) atoms. The highest BCUT2D eigenvalue weighted by Crippen LogP contribution is 2.45. The molecule has 0 radical (unpaired) electrons. The van der Waals surface area contributed by atoms with Crippen LogP contribution in [0.4, 0.5) is 0 Å². The zero-order valence-electron chi connectivity index (χ0n) is 27.5. The highest BCUT2D eigenvalue weighted by molar-refractivity contribution is 6.14. The van der Waals surface area contributed by atoms with Crippen LogP contribution < -0.4 is 5.73 Å². The molecule has 0 saturated carbocycles. The van der Waals surface area contributed by atoms with E-state index in [2.05, 4.69) is 99.0 Å². The van der Waals surface area contributed by atoms with E-state index in [4.69, 9.17) is 15.7 Å². The third-order valence-corrected chi connectivity index (χ3v) is 10.3. The molecule has 2 N–H and O–H groups in total. The van der Waals surface area contributed by atoms with Crippen LogP contribution in [0.2, 0.25) is 0 Å². The minimum absolute atomic E-state index is 0.775. The van der Waals surface area contributed by atoms with E-state index in [-0.39, 0.29) is 0 Å². The molecule has 0 amide bonds. The number of hydrogen-bond acceptors (Lipinski definition) is 4. The molecule has 0 spiro atoms. The van der Waals surface area contributed by atoms with Gasteiger partial charge in [-0.15, -0.1) is 0 Å². The van der Waals surface area contributed by atoms with Crippen molar-refractivity contribution >= 4 is 49.3 Å². The normalized spacial score (nSPS) is 12.9. The zero-order chi connectivity index (χ0) is 33.3. The number of nitrogens with two attached hydrogens (primary N) is 1. The Morgan fingerprint density at radius 3 is 2.04 bits per heavy atom. The molecular formula is C44H32N6. The minimum atomic E-state index is 0.775. The lowest BCUT2D eigenvalue weighted by atomic mass is 9.83. The third kappa shape index (κ3) is 4.18. The fourth-order valence-electron chi connectivity index (χ4n) is 8.01. The van der Waals surface area contributed by atoms with Crippen molar-refractivity contribution in [3.05, 3.63) is 157 Å². The highest BCUT2D eigenvalue weighted by Gasteiger charge is 2.26. The Morgan fingerprint density at radius 2 is 1.30 bits per heavy atom. The third-order valence-electron chi connectivity index (χ3n) is 10.3. The lowest BCUT2D eigenvalue weighted by Crippen LogP contribution is -2.07. The molecule has 6 nitrogen and oxygen atoms in total. The number of rotatable bonds is 4. The number of hydrogen-bond donors (Lipinski definition) is 1. The summed E-state index contributed by atoms with van der Waals surface area (Å²) < 4.78 is 4.64. The van der Waals surface area contributed by atoms with Gasteiger partial charge < -0.3 is 5.73 Å². The van der Waals surface area contributed by atoms with E-state index in [9.17, 15) is 0 Å². The Kier molecular flexibility index (Phi) is 6.27. The average molecular weight is 645 g/mol. The molecule has 5 aromatic heterocycles. The van der Waals surface area contributed by atoms with Crippen LogP contribution in [0.3, 0.4) is 0 Å². The van der Waals surface area contributed by atoms with E-state index in [0.29, 0.717) is 0 Å². The molecule has 0 bridgehead atoms. The fraction of sp³-hybridized carbons (Fsp3) is 0.0682. The SMILES string of the molecule is C/C=C(\N)c1ccc2c(c1)c1cc3c(cc1n2-c1ccccn1)-c1ccc2c4cc(-c5ccccn5)ccc4n(-c4ccccn4)c2c1CC3. The van der Waals surface area contributed by atoms with Gasteiger partial charge in [0, 0.05) is 51.4 Å². The van der Waals surface area contributed by atoms with Gasteiger partial charge in [0.1, 0.15) is 11.6 Å². The Bertz CT molecular complexity index is 2810. The van der Waals surface area contributed by atoms with Crippen molar-refractivity contribution in [3.63, 3.8) is 0 Å². The maximum atomic E-state index is 6.41. The molecule has 0 saturated heterocycles. The molecule has 10 rings (SSSR count). The highest BCUT2D eigenvalue weighted by atomic mass is 15.1. The van der Waals surface area contributed by atoms with Gasteiger partial charge in [0.25, 0.3) is 0 Å². The number of pyridine rings is 3. The number of benzene rings is 4. The van der Waals surface area contributed by atoms with Gasteiger partial charge in [-0.1, -0.05) is 48.5 Å². The molecule has 0 atom stereocenters. The van der Waals surface area contributed by atoms with Gasteiger partial charge in [0.2, 0.25) is 0 Å². The van der Waals surface area contributed by atoms with Crippen molar-refractivity contribution in [2.75, 3.05) is 0 Å². The molecule has 0 fully saturated rings. The Morgan fingerprint density at radius 1 is 0.600 bits per heavy atom. The zero-order valence-corrected chi connectivity index (χ0v) is 27.5. The second kappa shape index (κ2) is 11.0. The Balaban J connectivity index is 1.26. The summed E-state index contributed by atoms with van der Waals surface area (Å²) in [5.41, 5.74) is 20.1. The van der Waals surface area contributed by atoms with Crippen molar-refractivity contribution in [2.24, 2.45) is 5.73 Å². The number of aryl methyl sites for hydroxylation is 2. The predicted octanol–water partition coefficient (Wildman–Crippen LogP) is 9.82. The van der Waals surface area contributed by atoms with E-state index in [1.165, 1.54) is 49.3 Å². The maximum Gasteiger partial charge on any atom is 0.137 e. The molecule has 238 valence electrons. The van der Waals surface area contributed by atoms with E-state index >= 15 is 0 Å². The van der Waals surface area contributed by atoms with Crippen molar-refractivity contribution in [3.8, 4) is 34.0 Å². The summed E-state index contributed by atoms with van der Waals surface area (Å²) in [6, 6.07) is 40.9. The summed E-state index contributed by atoms with van der Waals surface area (Å²) >= 11 is 0. The van der Waals surface area contributed by atoms with Gasteiger partial charge in [-0.2, -0.15) is 0 Å². The van der Waals surface area contributed by atoms with E-state index in [1.807, 2.05) is 61.9 Å². The van der Waals surface area contributed by atoms with Crippen molar-refractivity contribution in [1.82, 2.24) is 24.1 Å². The van der Waals surface area contributed by atoms with Crippen LogP contribution in [0, 0.1) is 0 Å². The van der Waals surface area contributed by atoms with Crippen molar-refractivity contribution < 1.29 is 0 Å². The molecule has 9 aromatic rings. The summed E-state index contributed by atoms with van der Waals surface area (Å²) in [5, 5.41) is 4.81. The van der Waals surface area contributed by atoms with Crippen LogP contribution in [-0.4, -0.2) is 24.1 Å². The van der Waals surface area contributed by atoms with Crippen LogP contribution in [0.5, 0.6) is 0 Å². The Labute approximate surface area is 288 Å². The molecular weight excluding hydrogens is 613 g/mol. The largest absolute Gasteiger partial charge is 0.399 e. The predicted molar refractivity (Wildman–Crippen MR) is 205 cm³/mol. The summed E-state index contributed by atoms with van der Waals surface area (Å²) in [7, 11) is 0. The first-order chi connectivity index (χ1) is 24.7. The average Bonchev–Trinajstić information content (AvgIpc) is 3.69. The minimum Gasteiger partial charge on any atom is -0.399 e. The number of allylic oxidation sites excluding steroid dienone is 1. The smallest absolute Gasteiger partial charge is 0.137 e. The van der Waals surface area contributed by atoms with Crippen molar-refractivity contribution in [2.45, 2.75) is 19.8 Å². The first-order valence-corrected chi connectivity index (χ1v) is 17.1. The molecule has 5 heterocycles. The molecule has 1 aliphatic carbocycles. The van der Waals surface area contributed by atoms with Gasteiger partial charge in [0.05, 0.1) is 27.8 Å². The molecule has 1 aliphatic rings. The lowest BCUT2D eigenvalue weighted by Gasteiger charge is -2.22. The van der Waals surface area contributed by atoms with Crippen LogP contribution in [0.15, 0.2) is 140 Å². The second-order valence-electron chi connectivity index (χ2n) is 13.0. The first kappa shape index (κ1) is 28.5. The molecule has 0 aliphatic heterocycles. The topological polar surface area (TPSA) is 74.6 Å². The standard InChI is InChI=1S/C44H32N6/c1-2-37(45)28-13-18-39-35(24-28)36-23-27-12-15-31-30(33(27)26-41(36)49(39)42-10-4-7-21-47-42)16-17-32-34-25-29(38-9-3-6-20-46-38)14-19-40(34)50(44(31)32)43-11-5-8-22-48-43/h2-11,13-14,16-26H,12,15,45H2,1H3/b37-2-. The molecule has 0 unspecified atom stereocenters. The summed E-state index contributed by atoms with van der Waals surface area (Å²) in [6.45, 7) is 1.98. The maximum absolute atomic E-state index is 6.41. The first-order valence-electron chi connectivity index (χ1n) is 17.1. The van der Waals surface area contributed by atoms with Gasteiger partial charge >= 0.3 is 0 Å². The van der Waals surface area contributed by atoms with Gasteiger partial charge in [-0.05, 0) is 120 Å². The van der Waals surface area contributed by atoms with Gasteiger partial charge in [-0.3, -0.25) is 14.1 Å². The molecule has 4 aromatic carbocycles. The van der Waals surface area contributed by atoms with E-state index in [1.54, 1.807) is 0 Å². The van der Waals surface area contributed by atoms with Gasteiger partial charge in [-0.25, -0.2) is 9.97 Å². The summed E-state index contributed by atoms with van der Waals surface area (Å²) in [6.07, 6.45) is 9.42.